The number of rotatable bonds is 4. The molecule has 0 aliphatic heterocycles. The van der Waals surface area contributed by atoms with Crippen LogP contribution < -0.4 is 5.73 Å². The van der Waals surface area contributed by atoms with Crippen molar-refractivity contribution < 1.29 is 9.15 Å². The maximum absolute atomic E-state index is 5.67. The second kappa shape index (κ2) is 4.53. The second-order valence-electron chi connectivity index (χ2n) is 4.10. The highest BCUT2D eigenvalue weighted by molar-refractivity contribution is 5.76. The monoisotopic (exact) mass is 220 g/mol. The number of nitrogen functional groups attached to an aromatic ring is 1. The van der Waals surface area contributed by atoms with Crippen molar-refractivity contribution in [3.63, 3.8) is 0 Å². The molecule has 1 aromatic heterocycles. The molecule has 1 unspecified atom stereocenters. The predicted molar refractivity (Wildman–Crippen MR) is 63.2 cm³/mol. The van der Waals surface area contributed by atoms with Crippen LogP contribution in [0.1, 0.15) is 12.8 Å². The lowest BCUT2D eigenvalue weighted by molar-refractivity contribution is 0.156. The number of nitrogens with two attached hydrogens (primary N) is 1. The fourth-order valence-corrected chi connectivity index (χ4v) is 1.72. The molecule has 0 radical (unpaired) electrons. The summed E-state index contributed by atoms with van der Waals surface area (Å²) in [6.07, 6.45) is 0.780. The van der Waals surface area contributed by atoms with Crippen molar-refractivity contribution in [1.82, 2.24) is 4.98 Å². The second-order valence-corrected chi connectivity index (χ2v) is 4.10. The molecule has 0 aliphatic rings. The average molecular weight is 220 g/mol. The molecule has 0 saturated carbocycles. The van der Waals surface area contributed by atoms with Crippen LogP contribution >= 0.6 is 0 Å². The topological polar surface area (TPSA) is 61.3 Å². The molecule has 2 N–H and O–H groups in total. The van der Waals surface area contributed by atoms with Gasteiger partial charge in [0.25, 0.3) is 0 Å². The number of benzene rings is 1. The minimum atomic E-state index is 0.399. The van der Waals surface area contributed by atoms with Crippen molar-refractivity contribution >= 4 is 16.8 Å². The Labute approximate surface area is 94.4 Å². The standard InChI is InChI=1S/C12H16N2O2/c1-8(7-15-2)5-12-14-10-4-3-9(13)6-11(10)16-12/h3-4,6,8H,5,7,13H2,1-2H3. The van der Waals surface area contributed by atoms with Crippen LogP contribution in [0.4, 0.5) is 5.69 Å². The number of hydrogen-bond donors (Lipinski definition) is 1. The number of aromatic nitrogens is 1. The number of methoxy groups -OCH3 is 1. The molecule has 0 saturated heterocycles. The van der Waals surface area contributed by atoms with E-state index in [0.717, 1.165) is 23.4 Å². The van der Waals surface area contributed by atoms with E-state index in [2.05, 4.69) is 11.9 Å². The summed E-state index contributed by atoms with van der Waals surface area (Å²) < 4.78 is 10.7. The zero-order valence-electron chi connectivity index (χ0n) is 9.56. The molecule has 4 nitrogen and oxygen atoms in total. The van der Waals surface area contributed by atoms with Gasteiger partial charge in [-0.3, -0.25) is 0 Å². The van der Waals surface area contributed by atoms with E-state index in [0.29, 0.717) is 18.2 Å². The molecule has 1 atom stereocenters. The van der Waals surface area contributed by atoms with Crippen LogP contribution in [0.2, 0.25) is 0 Å². The number of fused-ring (bicyclic) bond motifs is 1. The molecule has 1 heterocycles. The van der Waals surface area contributed by atoms with Crippen molar-refractivity contribution in [2.75, 3.05) is 19.5 Å². The number of hydrogen-bond acceptors (Lipinski definition) is 4. The maximum atomic E-state index is 5.67. The van der Waals surface area contributed by atoms with Crippen molar-refractivity contribution in [3.05, 3.63) is 24.1 Å². The van der Waals surface area contributed by atoms with Gasteiger partial charge in [-0.25, -0.2) is 4.98 Å². The molecule has 16 heavy (non-hydrogen) atoms. The summed E-state index contributed by atoms with van der Waals surface area (Å²) in [5.41, 5.74) is 7.97. The predicted octanol–water partition coefficient (Wildman–Crippen LogP) is 2.24. The summed E-state index contributed by atoms with van der Waals surface area (Å²) in [5, 5.41) is 0. The van der Waals surface area contributed by atoms with Crippen LogP contribution in [-0.2, 0) is 11.2 Å². The highest BCUT2D eigenvalue weighted by atomic mass is 16.5. The lowest BCUT2D eigenvalue weighted by atomic mass is 10.1. The number of nitrogens with zero attached hydrogens (tertiary/aromatic N) is 1. The first-order chi connectivity index (χ1) is 7.69. The lowest BCUT2D eigenvalue weighted by Crippen LogP contribution is -2.06. The van der Waals surface area contributed by atoms with Crippen molar-refractivity contribution in [3.8, 4) is 0 Å². The SMILES string of the molecule is COCC(C)Cc1nc2ccc(N)cc2o1. The van der Waals surface area contributed by atoms with Gasteiger partial charge in [-0.05, 0) is 18.1 Å². The molecule has 4 heteroatoms. The quantitative estimate of drug-likeness (QED) is 0.803. The molecular weight excluding hydrogens is 204 g/mol. The highest BCUT2D eigenvalue weighted by Gasteiger charge is 2.10. The third-order valence-electron chi connectivity index (χ3n) is 2.43. The van der Waals surface area contributed by atoms with Gasteiger partial charge in [-0.2, -0.15) is 0 Å². The molecule has 0 bridgehead atoms. The average Bonchev–Trinajstić information content (AvgIpc) is 2.59. The van der Waals surface area contributed by atoms with Crippen LogP contribution in [0.5, 0.6) is 0 Å². The van der Waals surface area contributed by atoms with Gasteiger partial charge in [0.2, 0.25) is 0 Å². The van der Waals surface area contributed by atoms with Gasteiger partial charge < -0.3 is 14.9 Å². The van der Waals surface area contributed by atoms with E-state index >= 15 is 0 Å². The van der Waals surface area contributed by atoms with E-state index in [4.69, 9.17) is 14.9 Å². The van der Waals surface area contributed by atoms with E-state index in [9.17, 15) is 0 Å². The fraction of sp³-hybridized carbons (Fsp3) is 0.417. The molecule has 2 aromatic rings. The Hall–Kier alpha value is -1.55. The third kappa shape index (κ3) is 2.33. The molecule has 86 valence electrons. The van der Waals surface area contributed by atoms with Crippen LogP contribution in [-0.4, -0.2) is 18.7 Å². The van der Waals surface area contributed by atoms with Gasteiger partial charge in [0, 0.05) is 31.9 Å². The maximum Gasteiger partial charge on any atom is 0.195 e. The van der Waals surface area contributed by atoms with Gasteiger partial charge >= 0.3 is 0 Å². The largest absolute Gasteiger partial charge is 0.441 e. The summed E-state index contributed by atoms with van der Waals surface area (Å²) in [6.45, 7) is 2.81. The smallest absolute Gasteiger partial charge is 0.195 e. The fourth-order valence-electron chi connectivity index (χ4n) is 1.72. The van der Waals surface area contributed by atoms with Crippen LogP contribution in [0.25, 0.3) is 11.1 Å². The molecule has 0 aliphatic carbocycles. The first-order valence-electron chi connectivity index (χ1n) is 5.33. The Balaban J connectivity index is 2.19. The normalized spacial score (nSPS) is 13.1. The first kappa shape index (κ1) is 11.0. The van der Waals surface area contributed by atoms with Crippen LogP contribution in [0.3, 0.4) is 0 Å². The van der Waals surface area contributed by atoms with Crippen molar-refractivity contribution in [1.29, 1.82) is 0 Å². The number of anilines is 1. The summed E-state index contributed by atoms with van der Waals surface area (Å²) in [7, 11) is 1.70. The molecule has 1 aromatic carbocycles. The zero-order chi connectivity index (χ0) is 11.5. The lowest BCUT2D eigenvalue weighted by Gasteiger charge is -2.05. The molecule has 0 fully saturated rings. The van der Waals surface area contributed by atoms with E-state index in [1.54, 1.807) is 13.2 Å². The summed E-state index contributed by atoms with van der Waals surface area (Å²) >= 11 is 0. The van der Waals surface area contributed by atoms with Gasteiger partial charge in [0.1, 0.15) is 5.52 Å². The Morgan fingerprint density at radius 2 is 2.31 bits per heavy atom. The summed E-state index contributed by atoms with van der Waals surface area (Å²) in [6, 6.07) is 5.50. The minimum Gasteiger partial charge on any atom is -0.441 e. The molecular formula is C12H16N2O2. The minimum absolute atomic E-state index is 0.399. The molecule has 2 rings (SSSR count). The summed E-state index contributed by atoms with van der Waals surface area (Å²) in [5.74, 6) is 1.14. The Morgan fingerprint density at radius 1 is 1.50 bits per heavy atom. The highest BCUT2D eigenvalue weighted by Crippen LogP contribution is 2.20. The van der Waals surface area contributed by atoms with Gasteiger partial charge in [-0.1, -0.05) is 6.92 Å². The van der Waals surface area contributed by atoms with Gasteiger partial charge in [0.05, 0.1) is 0 Å². The van der Waals surface area contributed by atoms with E-state index in [-0.39, 0.29) is 0 Å². The van der Waals surface area contributed by atoms with Crippen molar-refractivity contribution in [2.24, 2.45) is 5.92 Å². The van der Waals surface area contributed by atoms with Crippen LogP contribution in [0.15, 0.2) is 22.6 Å². The van der Waals surface area contributed by atoms with Gasteiger partial charge in [0.15, 0.2) is 11.5 Å². The van der Waals surface area contributed by atoms with E-state index in [1.807, 2.05) is 12.1 Å². The Morgan fingerprint density at radius 3 is 3.06 bits per heavy atom. The molecule has 0 spiro atoms. The van der Waals surface area contributed by atoms with Crippen molar-refractivity contribution in [2.45, 2.75) is 13.3 Å². The number of oxazole rings is 1. The number of ether oxygens (including phenoxy) is 1. The van der Waals surface area contributed by atoms with E-state index in [1.165, 1.54) is 0 Å². The first-order valence-corrected chi connectivity index (χ1v) is 5.33. The Bertz CT molecular complexity index is 479. The zero-order valence-corrected chi connectivity index (χ0v) is 9.56. The molecule has 0 amide bonds. The van der Waals surface area contributed by atoms with Gasteiger partial charge in [-0.15, -0.1) is 0 Å². The summed E-state index contributed by atoms with van der Waals surface area (Å²) in [4.78, 5) is 4.40. The Kier molecular flexibility index (Phi) is 3.10. The van der Waals surface area contributed by atoms with Crippen LogP contribution in [0, 0.1) is 5.92 Å². The van der Waals surface area contributed by atoms with E-state index < -0.39 is 0 Å². The third-order valence-corrected chi connectivity index (χ3v) is 2.43.